The predicted molar refractivity (Wildman–Crippen MR) is 75.9 cm³/mol. The van der Waals surface area contributed by atoms with Gasteiger partial charge in [0.1, 0.15) is 0 Å². The number of hydrogen-bond acceptors (Lipinski definition) is 3. The summed E-state index contributed by atoms with van der Waals surface area (Å²) >= 11 is 6.05. The maximum Gasteiger partial charge on any atom is 0.360 e. The summed E-state index contributed by atoms with van der Waals surface area (Å²) in [5, 5.41) is 13.5. The molecule has 5 nitrogen and oxygen atoms in total. The summed E-state index contributed by atoms with van der Waals surface area (Å²) in [5.74, 6) is -1.33. The Morgan fingerprint density at radius 3 is 2.75 bits per heavy atom. The maximum absolute atomic E-state index is 11.9. The van der Waals surface area contributed by atoms with E-state index >= 15 is 0 Å². The highest BCUT2D eigenvalue weighted by molar-refractivity contribution is 6.31. The van der Waals surface area contributed by atoms with Gasteiger partial charge in [0.2, 0.25) is 11.1 Å². The Labute approximate surface area is 120 Å². The Morgan fingerprint density at radius 2 is 2.15 bits per heavy atom. The Balaban J connectivity index is 2.75. The van der Waals surface area contributed by atoms with E-state index in [0.29, 0.717) is 22.7 Å². The van der Waals surface area contributed by atoms with Crippen molar-refractivity contribution in [2.75, 3.05) is 0 Å². The summed E-state index contributed by atoms with van der Waals surface area (Å²) in [6.07, 6.45) is 1.98. The number of carboxylic acids is 1. The normalized spacial score (nSPS) is 10.6. The van der Waals surface area contributed by atoms with Crippen molar-refractivity contribution in [2.24, 2.45) is 0 Å². The van der Waals surface area contributed by atoms with Crippen molar-refractivity contribution in [3.05, 3.63) is 56.5 Å². The molecular formula is C14H13ClN2O3. The van der Waals surface area contributed by atoms with E-state index in [9.17, 15) is 9.59 Å². The molecule has 0 aliphatic rings. The number of rotatable bonds is 3. The molecular weight excluding hydrogens is 280 g/mol. The van der Waals surface area contributed by atoms with Gasteiger partial charge in [-0.1, -0.05) is 24.6 Å². The van der Waals surface area contributed by atoms with Crippen LogP contribution in [0, 0.1) is 6.92 Å². The van der Waals surface area contributed by atoms with Crippen molar-refractivity contribution < 1.29 is 9.90 Å². The van der Waals surface area contributed by atoms with Gasteiger partial charge in [0, 0.05) is 16.8 Å². The largest absolute Gasteiger partial charge is 0.476 e. The first-order chi connectivity index (χ1) is 9.45. The minimum atomic E-state index is -1.33. The second kappa shape index (κ2) is 5.46. The number of aromatic carboxylic acids is 1. The Bertz CT molecular complexity index is 738. The fraction of sp³-hybridized carbons (Fsp3) is 0.214. The first-order valence-electron chi connectivity index (χ1n) is 6.07. The molecule has 0 fully saturated rings. The molecule has 0 atom stereocenters. The van der Waals surface area contributed by atoms with Crippen LogP contribution in [0.4, 0.5) is 0 Å². The zero-order valence-electron chi connectivity index (χ0n) is 11.1. The van der Waals surface area contributed by atoms with Crippen LogP contribution in [-0.4, -0.2) is 20.9 Å². The van der Waals surface area contributed by atoms with E-state index in [0.717, 1.165) is 5.56 Å². The Kier molecular flexibility index (Phi) is 3.90. The maximum atomic E-state index is 11.9. The third-order valence-electron chi connectivity index (χ3n) is 3.06. The third kappa shape index (κ3) is 2.44. The summed E-state index contributed by atoms with van der Waals surface area (Å²) in [4.78, 5) is 23.0. The number of halogens is 1. The number of aryl methyl sites for hydroxylation is 1. The van der Waals surface area contributed by atoms with E-state index < -0.39 is 17.1 Å². The molecule has 1 aromatic carbocycles. The van der Waals surface area contributed by atoms with Crippen LogP contribution in [0.1, 0.15) is 28.5 Å². The SMILES string of the molecule is CCc1cn(-c2cccc(Cl)c2C)nc(C(=O)O)c1=O. The molecule has 0 radical (unpaired) electrons. The minimum Gasteiger partial charge on any atom is -0.476 e. The molecule has 0 spiro atoms. The first-order valence-corrected chi connectivity index (χ1v) is 6.45. The molecule has 1 heterocycles. The van der Waals surface area contributed by atoms with Crippen LogP contribution in [0.2, 0.25) is 5.02 Å². The van der Waals surface area contributed by atoms with E-state index in [1.54, 1.807) is 31.3 Å². The van der Waals surface area contributed by atoms with E-state index in [4.69, 9.17) is 16.7 Å². The first kappa shape index (κ1) is 14.3. The summed E-state index contributed by atoms with van der Waals surface area (Å²) in [5.41, 5.74) is 0.787. The molecule has 1 aromatic heterocycles. The van der Waals surface area contributed by atoms with Crippen molar-refractivity contribution in [3.63, 3.8) is 0 Å². The fourth-order valence-electron chi connectivity index (χ4n) is 1.90. The van der Waals surface area contributed by atoms with E-state index in [1.165, 1.54) is 4.68 Å². The van der Waals surface area contributed by atoms with Gasteiger partial charge < -0.3 is 5.11 Å². The number of benzene rings is 1. The highest BCUT2D eigenvalue weighted by Crippen LogP contribution is 2.21. The molecule has 0 unspecified atom stereocenters. The number of hydrogen-bond donors (Lipinski definition) is 1. The molecule has 0 saturated heterocycles. The van der Waals surface area contributed by atoms with Crippen LogP contribution in [0.25, 0.3) is 5.69 Å². The molecule has 0 bridgehead atoms. The molecule has 2 rings (SSSR count). The second-order valence-corrected chi connectivity index (χ2v) is 4.73. The fourth-order valence-corrected chi connectivity index (χ4v) is 2.07. The highest BCUT2D eigenvalue weighted by Gasteiger charge is 2.16. The van der Waals surface area contributed by atoms with Crippen molar-refractivity contribution in [1.82, 2.24) is 9.78 Å². The lowest BCUT2D eigenvalue weighted by Gasteiger charge is -2.12. The summed E-state index contributed by atoms with van der Waals surface area (Å²) in [6, 6.07) is 5.25. The van der Waals surface area contributed by atoms with Gasteiger partial charge in [-0.15, -0.1) is 0 Å². The van der Waals surface area contributed by atoms with Crippen LogP contribution in [-0.2, 0) is 6.42 Å². The molecule has 2 aromatic rings. The van der Waals surface area contributed by atoms with Gasteiger partial charge in [-0.25, -0.2) is 9.48 Å². The minimum absolute atomic E-state index is 0.400. The van der Waals surface area contributed by atoms with E-state index in [1.807, 2.05) is 6.92 Å². The number of carboxylic acid groups (broad SMARTS) is 1. The van der Waals surface area contributed by atoms with Gasteiger partial charge in [-0.2, -0.15) is 5.10 Å². The molecule has 0 aliphatic heterocycles. The zero-order valence-corrected chi connectivity index (χ0v) is 11.8. The quantitative estimate of drug-likeness (QED) is 0.943. The summed E-state index contributed by atoms with van der Waals surface area (Å²) in [6.45, 7) is 3.60. The van der Waals surface area contributed by atoms with E-state index in [-0.39, 0.29) is 0 Å². The lowest BCUT2D eigenvalue weighted by atomic mass is 10.1. The average molecular weight is 293 g/mol. The Hall–Kier alpha value is -2.14. The van der Waals surface area contributed by atoms with Crippen molar-refractivity contribution in [1.29, 1.82) is 0 Å². The monoisotopic (exact) mass is 292 g/mol. The van der Waals surface area contributed by atoms with Gasteiger partial charge >= 0.3 is 5.97 Å². The van der Waals surface area contributed by atoms with Crippen LogP contribution < -0.4 is 5.43 Å². The number of nitrogens with zero attached hydrogens (tertiary/aromatic N) is 2. The van der Waals surface area contributed by atoms with Gasteiger partial charge in [-0.3, -0.25) is 4.79 Å². The molecule has 0 amide bonds. The lowest BCUT2D eigenvalue weighted by molar-refractivity contribution is 0.0686. The third-order valence-corrected chi connectivity index (χ3v) is 3.47. The lowest BCUT2D eigenvalue weighted by Crippen LogP contribution is -2.24. The smallest absolute Gasteiger partial charge is 0.360 e. The highest BCUT2D eigenvalue weighted by atomic mass is 35.5. The van der Waals surface area contributed by atoms with Crippen LogP contribution in [0.15, 0.2) is 29.2 Å². The molecule has 0 saturated carbocycles. The Morgan fingerprint density at radius 1 is 1.45 bits per heavy atom. The predicted octanol–water partition coefficient (Wildman–Crippen LogP) is 2.45. The number of carbonyl (C=O) groups is 1. The number of aromatic nitrogens is 2. The molecule has 6 heteroatoms. The standard InChI is InChI=1S/C14H13ClN2O3/c1-3-9-7-17(16-12(13(9)18)14(19)20)11-6-4-5-10(15)8(11)2/h4-7H,3H2,1-2H3,(H,19,20). The second-order valence-electron chi connectivity index (χ2n) is 4.32. The molecule has 104 valence electrons. The van der Waals surface area contributed by atoms with Crippen molar-refractivity contribution >= 4 is 17.6 Å². The average Bonchev–Trinajstić information content (AvgIpc) is 2.42. The van der Waals surface area contributed by atoms with E-state index in [2.05, 4.69) is 5.10 Å². The zero-order chi connectivity index (χ0) is 14.9. The van der Waals surface area contributed by atoms with Crippen LogP contribution >= 0.6 is 11.6 Å². The van der Waals surface area contributed by atoms with Crippen LogP contribution in [0.5, 0.6) is 0 Å². The summed E-state index contributed by atoms with van der Waals surface area (Å²) in [7, 11) is 0. The molecule has 1 N–H and O–H groups in total. The van der Waals surface area contributed by atoms with Crippen molar-refractivity contribution in [3.8, 4) is 5.69 Å². The van der Waals surface area contributed by atoms with Gasteiger partial charge in [-0.05, 0) is 31.0 Å². The van der Waals surface area contributed by atoms with Crippen LogP contribution in [0.3, 0.4) is 0 Å². The summed E-state index contributed by atoms with van der Waals surface area (Å²) < 4.78 is 1.39. The molecule has 20 heavy (non-hydrogen) atoms. The topological polar surface area (TPSA) is 72.2 Å². The van der Waals surface area contributed by atoms with Gasteiger partial charge in [0.25, 0.3) is 0 Å². The van der Waals surface area contributed by atoms with Gasteiger partial charge in [0.05, 0.1) is 5.69 Å². The van der Waals surface area contributed by atoms with Crippen molar-refractivity contribution in [2.45, 2.75) is 20.3 Å². The molecule has 0 aliphatic carbocycles. The van der Waals surface area contributed by atoms with Gasteiger partial charge in [0.15, 0.2) is 0 Å².